The minimum Gasteiger partial charge on any atom is -0.348 e. The molecule has 5 nitrogen and oxygen atoms in total. The molecule has 1 saturated carbocycles. The van der Waals surface area contributed by atoms with Crippen molar-refractivity contribution in [2.24, 2.45) is 5.92 Å². The predicted molar refractivity (Wildman–Crippen MR) is 119 cm³/mol. The molecule has 1 aliphatic carbocycles. The summed E-state index contributed by atoms with van der Waals surface area (Å²) in [4.78, 5) is 30.0. The first kappa shape index (κ1) is 20.2. The quantitative estimate of drug-likeness (QED) is 0.606. The Labute approximate surface area is 178 Å². The lowest BCUT2D eigenvalue weighted by Crippen LogP contribution is -2.35. The molecule has 1 atom stereocenters. The Morgan fingerprint density at radius 3 is 2.83 bits per heavy atom. The monoisotopic (exact) mass is 427 g/mol. The standard InChI is InChI=1S/C22H25N3O2S2/c26-19(15-28-14-18-13-20(27)25-11-12-29-22(25)23-18)24-21(16-7-3-1-4-8-16)17-9-5-2-6-10-17/h1,3-4,7-8,11-13,17,21H,2,5-6,9-10,14-15H2,(H,24,26)/t21-/m0/s1. The van der Waals surface area contributed by atoms with E-state index in [0.717, 1.165) is 5.69 Å². The van der Waals surface area contributed by atoms with Gasteiger partial charge in [-0.3, -0.25) is 14.0 Å². The van der Waals surface area contributed by atoms with Crippen LogP contribution in [0.25, 0.3) is 4.96 Å². The molecule has 0 bridgehead atoms. The number of amides is 1. The number of thioether (sulfide) groups is 1. The van der Waals surface area contributed by atoms with Gasteiger partial charge in [-0.05, 0) is 24.3 Å². The van der Waals surface area contributed by atoms with Crippen LogP contribution in [-0.4, -0.2) is 21.0 Å². The van der Waals surface area contributed by atoms with Crippen molar-refractivity contribution in [3.63, 3.8) is 0 Å². The molecule has 0 radical (unpaired) electrons. The zero-order valence-electron chi connectivity index (χ0n) is 16.3. The second-order valence-corrected chi connectivity index (χ2v) is 9.35. The molecule has 1 aliphatic rings. The molecule has 1 fully saturated rings. The highest BCUT2D eigenvalue weighted by molar-refractivity contribution is 7.99. The fourth-order valence-corrected chi connectivity index (χ4v) is 5.49. The van der Waals surface area contributed by atoms with Crippen molar-refractivity contribution >= 4 is 34.0 Å². The topological polar surface area (TPSA) is 63.5 Å². The maximum Gasteiger partial charge on any atom is 0.258 e. The molecule has 1 N–H and O–H groups in total. The third-order valence-electron chi connectivity index (χ3n) is 5.44. The van der Waals surface area contributed by atoms with Gasteiger partial charge in [-0.15, -0.1) is 23.1 Å². The Balaban J connectivity index is 1.36. The largest absolute Gasteiger partial charge is 0.348 e. The molecule has 0 unspecified atom stereocenters. The van der Waals surface area contributed by atoms with E-state index >= 15 is 0 Å². The summed E-state index contributed by atoms with van der Waals surface area (Å²) >= 11 is 2.94. The van der Waals surface area contributed by atoms with E-state index in [1.807, 2.05) is 23.6 Å². The van der Waals surface area contributed by atoms with E-state index in [1.54, 1.807) is 16.7 Å². The van der Waals surface area contributed by atoms with E-state index < -0.39 is 0 Å². The van der Waals surface area contributed by atoms with Crippen molar-refractivity contribution in [1.82, 2.24) is 14.7 Å². The SMILES string of the molecule is O=C(CSCc1cc(=O)n2ccsc2n1)N[C@@H](c1ccccc1)C1CCCCC1. The van der Waals surface area contributed by atoms with Crippen molar-refractivity contribution in [2.45, 2.75) is 43.9 Å². The Hall–Kier alpha value is -2.12. The summed E-state index contributed by atoms with van der Waals surface area (Å²) in [5.74, 6) is 1.46. The van der Waals surface area contributed by atoms with E-state index in [4.69, 9.17) is 0 Å². The van der Waals surface area contributed by atoms with Gasteiger partial charge in [0.1, 0.15) is 0 Å². The first-order chi connectivity index (χ1) is 14.2. The van der Waals surface area contributed by atoms with Crippen LogP contribution in [-0.2, 0) is 10.5 Å². The molecule has 1 amide bonds. The first-order valence-corrected chi connectivity index (χ1v) is 12.1. The molecule has 1 aromatic carbocycles. The van der Waals surface area contributed by atoms with Gasteiger partial charge in [0.2, 0.25) is 5.91 Å². The van der Waals surface area contributed by atoms with Crippen molar-refractivity contribution < 1.29 is 4.79 Å². The summed E-state index contributed by atoms with van der Waals surface area (Å²) in [5, 5.41) is 5.13. The first-order valence-electron chi connectivity index (χ1n) is 10.1. The maximum atomic E-state index is 12.7. The Kier molecular flexibility index (Phi) is 6.67. The number of hydrogen-bond donors (Lipinski definition) is 1. The number of rotatable bonds is 7. The van der Waals surface area contributed by atoms with Crippen molar-refractivity contribution in [3.8, 4) is 0 Å². The average molecular weight is 428 g/mol. The number of fused-ring (bicyclic) bond motifs is 1. The highest BCUT2D eigenvalue weighted by atomic mass is 32.2. The normalized spacial score (nSPS) is 16.0. The van der Waals surface area contributed by atoms with Gasteiger partial charge < -0.3 is 5.32 Å². The van der Waals surface area contributed by atoms with Crippen LogP contribution in [0.15, 0.2) is 52.8 Å². The third-order valence-corrected chi connectivity index (χ3v) is 7.16. The lowest BCUT2D eigenvalue weighted by molar-refractivity contribution is -0.119. The van der Waals surface area contributed by atoms with Crippen LogP contribution in [0.2, 0.25) is 0 Å². The van der Waals surface area contributed by atoms with Crippen LogP contribution in [0.3, 0.4) is 0 Å². The van der Waals surface area contributed by atoms with E-state index in [2.05, 4.69) is 22.4 Å². The molecule has 2 heterocycles. The Morgan fingerprint density at radius 2 is 2.03 bits per heavy atom. The van der Waals surface area contributed by atoms with Crippen LogP contribution >= 0.6 is 23.1 Å². The summed E-state index contributed by atoms with van der Waals surface area (Å²) in [7, 11) is 0. The van der Waals surface area contributed by atoms with Gasteiger partial charge in [-0.2, -0.15) is 0 Å². The number of benzene rings is 1. The minimum absolute atomic E-state index is 0.0448. The van der Waals surface area contributed by atoms with E-state index in [-0.39, 0.29) is 17.5 Å². The Bertz CT molecular complexity index is 1010. The predicted octanol–water partition coefficient (Wildman–Crippen LogP) is 4.43. The Morgan fingerprint density at radius 1 is 1.24 bits per heavy atom. The summed E-state index contributed by atoms with van der Waals surface area (Å²) in [5.41, 5.74) is 1.84. The molecule has 0 aliphatic heterocycles. The number of carbonyl (C=O) groups is 1. The molecular formula is C22H25N3O2S2. The number of carbonyl (C=O) groups excluding carboxylic acids is 1. The number of thiazole rings is 1. The summed E-state index contributed by atoms with van der Waals surface area (Å²) in [6, 6.07) is 11.9. The number of aromatic nitrogens is 2. The summed E-state index contributed by atoms with van der Waals surface area (Å²) < 4.78 is 1.54. The van der Waals surface area contributed by atoms with Gasteiger partial charge >= 0.3 is 0 Å². The van der Waals surface area contributed by atoms with Crippen LogP contribution < -0.4 is 10.9 Å². The fraction of sp³-hybridized carbons (Fsp3) is 0.409. The number of nitrogens with zero attached hydrogens (tertiary/aromatic N) is 2. The van der Waals surface area contributed by atoms with Gasteiger partial charge in [0.15, 0.2) is 4.96 Å². The highest BCUT2D eigenvalue weighted by Crippen LogP contribution is 2.34. The number of hydrogen-bond acceptors (Lipinski definition) is 5. The van der Waals surface area contributed by atoms with Gasteiger partial charge in [-0.25, -0.2) is 4.98 Å². The van der Waals surface area contributed by atoms with Gasteiger partial charge in [0, 0.05) is 23.4 Å². The van der Waals surface area contributed by atoms with Crippen molar-refractivity contribution in [3.05, 3.63) is 69.6 Å². The molecular weight excluding hydrogens is 402 g/mol. The molecule has 29 heavy (non-hydrogen) atoms. The second kappa shape index (κ2) is 9.59. The zero-order chi connectivity index (χ0) is 20.1. The van der Waals surface area contributed by atoms with Crippen molar-refractivity contribution in [1.29, 1.82) is 0 Å². The molecule has 152 valence electrons. The summed E-state index contributed by atoms with van der Waals surface area (Å²) in [6.07, 6.45) is 7.84. The minimum atomic E-state index is -0.0715. The number of nitrogens with one attached hydrogen (secondary N) is 1. The third kappa shape index (κ3) is 5.08. The average Bonchev–Trinajstić information content (AvgIpc) is 3.23. The van der Waals surface area contributed by atoms with Crippen LogP contribution in [0, 0.1) is 5.92 Å². The molecule has 4 rings (SSSR count). The van der Waals surface area contributed by atoms with Gasteiger partial charge in [-0.1, -0.05) is 49.6 Å². The van der Waals surface area contributed by atoms with Crippen LogP contribution in [0.4, 0.5) is 0 Å². The molecule has 2 aromatic heterocycles. The van der Waals surface area contributed by atoms with Gasteiger partial charge in [0.05, 0.1) is 17.5 Å². The van der Waals surface area contributed by atoms with E-state index in [9.17, 15) is 9.59 Å². The molecule has 3 aromatic rings. The highest BCUT2D eigenvalue weighted by Gasteiger charge is 2.26. The van der Waals surface area contributed by atoms with Gasteiger partial charge in [0.25, 0.3) is 5.56 Å². The van der Waals surface area contributed by atoms with Crippen molar-refractivity contribution in [2.75, 3.05) is 5.75 Å². The lowest BCUT2D eigenvalue weighted by Gasteiger charge is -2.31. The summed E-state index contributed by atoms with van der Waals surface area (Å²) in [6.45, 7) is 0. The fourth-order valence-electron chi connectivity index (χ4n) is 4.03. The van der Waals surface area contributed by atoms with E-state index in [0.29, 0.717) is 22.4 Å². The lowest BCUT2D eigenvalue weighted by atomic mass is 9.81. The van der Waals surface area contributed by atoms with Crippen LogP contribution in [0.5, 0.6) is 0 Å². The molecule has 0 saturated heterocycles. The smallest absolute Gasteiger partial charge is 0.258 e. The molecule has 0 spiro atoms. The second-order valence-electron chi connectivity index (χ2n) is 7.49. The molecule has 7 heteroatoms. The zero-order valence-corrected chi connectivity index (χ0v) is 17.9. The van der Waals surface area contributed by atoms with Crippen LogP contribution in [0.1, 0.15) is 49.4 Å². The van der Waals surface area contributed by atoms with E-state index in [1.165, 1.54) is 60.8 Å². The maximum absolute atomic E-state index is 12.7.